The molecule has 0 heterocycles. The number of Topliss-reactive ketones (excluding diaryl/α,β-unsaturated/α-hetero) is 2. The van der Waals surface area contributed by atoms with Crippen molar-refractivity contribution in [1.82, 2.24) is 0 Å². The molecular weight excluding hydrogens is 293 g/mol. The quantitative estimate of drug-likeness (QED) is 0.631. The summed E-state index contributed by atoms with van der Waals surface area (Å²) in [6.45, 7) is 1.42. The Labute approximate surface area is 111 Å². The molecule has 0 aliphatic carbocycles. The molecule has 0 N–H and O–H groups in total. The van der Waals surface area contributed by atoms with Crippen molar-refractivity contribution in [2.24, 2.45) is 0 Å². The van der Waals surface area contributed by atoms with Crippen LogP contribution < -0.4 is 0 Å². The van der Waals surface area contributed by atoms with Crippen LogP contribution in [-0.4, -0.2) is 11.6 Å². The Morgan fingerprint density at radius 1 is 1.15 bits per heavy atom. The minimum absolute atomic E-state index is 0. The second kappa shape index (κ2) is 6.39. The molecule has 0 saturated carbocycles. The van der Waals surface area contributed by atoms with Gasteiger partial charge in [-0.3, -0.25) is 9.59 Å². The normalized spacial score (nSPS) is 8.69. The second-order valence-corrected chi connectivity index (χ2v) is 2.67. The van der Waals surface area contributed by atoms with Gasteiger partial charge in [-0.25, -0.2) is 0 Å². The third-order valence-electron chi connectivity index (χ3n) is 1.51. The standard InChI is InChI=1S/C10H10O2.Pr/c1-8(11)7-10(12)9-5-3-2-4-6-9;/h2-6H,7H2,1H3;. The van der Waals surface area contributed by atoms with Crippen LogP contribution in [0.5, 0.6) is 0 Å². The van der Waals surface area contributed by atoms with Gasteiger partial charge >= 0.3 is 0 Å². The SMILES string of the molecule is CC(=O)CC(=O)c1ccccc1.[Pr]. The van der Waals surface area contributed by atoms with E-state index in [2.05, 4.69) is 0 Å². The molecule has 3 heteroatoms. The first-order chi connectivity index (χ1) is 5.70. The van der Waals surface area contributed by atoms with Gasteiger partial charge in [0.2, 0.25) is 0 Å². The number of ketones is 2. The van der Waals surface area contributed by atoms with Crippen molar-refractivity contribution in [3.8, 4) is 0 Å². The first-order valence-electron chi connectivity index (χ1n) is 3.78. The molecule has 65 valence electrons. The fraction of sp³-hybridized carbons (Fsp3) is 0.200. The Morgan fingerprint density at radius 2 is 1.69 bits per heavy atom. The molecule has 0 saturated heterocycles. The zero-order valence-corrected chi connectivity index (χ0v) is 11.2. The summed E-state index contributed by atoms with van der Waals surface area (Å²) in [5.41, 5.74) is 0.604. The van der Waals surface area contributed by atoms with Crippen molar-refractivity contribution < 1.29 is 50.9 Å². The van der Waals surface area contributed by atoms with Crippen molar-refractivity contribution in [1.29, 1.82) is 0 Å². The minimum Gasteiger partial charge on any atom is -0.300 e. The van der Waals surface area contributed by atoms with E-state index in [1.165, 1.54) is 6.92 Å². The van der Waals surface area contributed by atoms with Crippen LogP contribution in [0, 0.1) is 41.3 Å². The molecule has 1 aromatic carbocycles. The Balaban J connectivity index is 0.00000144. The summed E-state index contributed by atoms with van der Waals surface area (Å²) < 4.78 is 0. The molecular formula is C10H10O2Pr. The molecule has 13 heavy (non-hydrogen) atoms. The largest absolute Gasteiger partial charge is 0.300 e. The minimum atomic E-state index is -0.108. The number of carbonyl (C=O) groups excluding carboxylic acids is 2. The van der Waals surface area contributed by atoms with Gasteiger partial charge in [-0.1, -0.05) is 30.3 Å². The predicted molar refractivity (Wildman–Crippen MR) is 46.1 cm³/mol. The third kappa shape index (κ3) is 4.63. The van der Waals surface area contributed by atoms with Crippen molar-refractivity contribution >= 4 is 11.6 Å². The van der Waals surface area contributed by atoms with Crippen LogP contribution in [0.2, 0.25) is 0 Å². The third-order valence-corrected chi connectivity index (χ3v) is 1.51. The van der Waals surface area contributed by atoms with Gasteiger partial charge in [0.25, 0.3) is 0 Å². The molecule has 0 spiro atoms. The van der Waals surface area contributed by atoms with Crippen LogP contribution in [0.1, 0.15) is 23.7 Å². The van der Waals surface area contributed by atoms with Gasteiger partial charge in [0.1, 0.15) is 5.78 Å². The Kier molecular flexibility index (Phi) is 6.35. The van der Waals surface area contributed by atoms with E-state index in [1.807, 2.05) is 6.07 Å². The first-order valence-corrected chi connectivity index (χ1v) is 3.78. The fourth-order valence-electron chi connectivity index (χ4n) is 0.952. The molecule has 0 amide bonds. The average molecular weight is 303 g/mol. The van der Waals surface area contributed by atoms with Crippen molar-refractivity contribution in [3.63, 3.8) is 0 Å². The Bertz CT molecular complexity index is 293. The number of hydrogen-bond donors (Lipinski definition) is 0. The van der Waals surface area contributed by atoms with Gasteiger partial charge < -0.3 is 0 Å². The van der Waals surface area contributed by atoms with Gasteiger partial charge in [0.15, 0.2) is 5.78 Å². The number of carbonyl (C=O) groups is 2. The van der Waals surface area contributed by atoms with Crippen molar-refractivity contribution in [3.05, 3.63) is 35.9 Å². The zero-order chi connectivity index (χ0) is 8.97. The Morgan fingerprint density at radius 3 is 2.15 bits per heavy atom. The number of rotatable bonds is 3. The van der Waals surface area contributed by atoms with E-state index < -0.39 is 0 Å². The van der Waals surface area contributed by atoms with E-state index in [-0.39, 0.29) is 59.3 Å². The smallest absolute Gasteiger partial charge is 0.170 e. The van der Waals surface area contributed by atoms with E-state index in [4.69, 9.17) is 0 Å². The molecule has 0 unspecified atom stereocenters. The topological polar surface area (TPSA) is 34.1 Å². The van der Waals surface area contributed by atoms with Crippen LogP contribution in [0.3, 0.4) is 0 Å². The van der Waals surface area contributed by atoms with Crippen molar-refractivity contribution in [2.45, 2.75) is 13.3 Å². The van der Waals surface area contributed by atoms with Crippen LogP contribution in [-0.2, 0) is 4.79 Å². The second-order valence-electron chi connectivity index (χ2n) is 2.67. The molecule has 0 fully saturated rings. The summed E-state index contributed by atoms with van der Waals surface area (Å²) in [7, 11) is 0. The monoisotopic (exact) mass is 303 g/mol. The fourth-order valence-corrected chi connectivity index (χ4v) is 0.952. The van der Waals surface area contributed by atoms with Crippen LogP contribution in [0.25, 0.3) is 0 Å². The summed E-state index contributed by atoms with van der Waals surface area (Å²) in [6, 6.07) is 8.84. The molecule has 1 aromatic rings. The maximum absolute atomic E-state index is 11.2. The molecule has 1 rings (SSSR count). The molecule has 0 aliphatic rings. The molecule has 0 atom stereocenters. The van der Waals surface area contributed by atoms with E-state index in [0.717, 1.165) is 0 Å². The summed E-state index contributed by atoms with van der Waals surface area (Å²) in [4.78, 5) is 21.8. The van der Waals surface area contributed by atoms with Gasteiger partial charge in [0, 0.05) is 46.9 Å². The van der Waals surface area contributed by atoms with E-state index in [1.54, 1.807) is 24.3 Å². The maximum atomic E-state index is 11.2. The number of hydrogen-bond acceptors (Lipinski definition) is 2. The maximum Gasteiger partial charge on any atom is 0.170 e. The van der Waals surface area contributed by atoms with Crippen molar-refractivity contribution in [2.75, 3.05) is 0 Å². The van der Waals surface area contributed by atoms with Crippen LogP contribution >= 0.6 is 0 Å². The van der Waals surface area contributed by atoms with Gasteiger partial charge in [0.05, 0.1) is 6.42 Å². The van der Waals surface area contributed by atoms with Gasteiger partial charge in [-0.15, -0.1) is 0 Å². The molecule has 2 nitrogen and oxygen atoms in total. The average Bonchev–Trinajstić information content (AvgIpc) is 2.05. The summed E-state index contributed by atoms with van der Waals surface area (Å²) in [5.74, 6) is -0.202. The van der Waals surface area contributed by atoms with Gasteiger partial charge in [-0.05, 0) is 6.92 Å². The molecule has 0 aliphatic heterocycles. The van der Waals surface area contributed by atoms with E-state index >= 15 is 0 Å². The van der Waals surface area contributed by atoms with Gasteiger partial charge in [-0.2, -0.15) is 0 Å². The molecule has 1 radical (unpaired) electrons. The first kappa shape index (κ1) is 12.9. The Hall–Kier alpha value is -0.0764. The zero-order valence-electron chi connectivity index (χ0n) is 7.49. The van der Waals surface area contributed by atoms with Crippen LogP contribution in [0.15, 0.2) is 30.3 Å². The molecule has 0 aromatic heterocycles. The summed E-state index contributed by atoms with van der Waals surface area (Å²) in [5, 5.41) is 0. The predicted octanol–water partition coefficient (Wildman–Crippen LogP) is 1.85. The number of benzene rings is 1. The van der Waals surface area contributed by atoms with E-state index in [9.17, 15) is 9.59 Å². The van der Waals surface area contributed by atoms with Crippen LogP contribution in [0.4, 0.5) is 0 Å². The van der Waals surface area contributed by atoms with E-state index in [0.29, 0.717) is 5.56 Å². The summed E-state index contributed by atoms with van der Waals surface area (Å²) in [6.07, 6.45) is 0.00398. The molecule has 0 bridgehead atoms. The summed E-state index contributed by atoms with van der Waals surface area (Å²) >= 11 is 0.